The van der Waals surface area contributed by atoms with E-state index in [1.165, 1.54) is 64.2 Å². The van der Waals surface area contributed by atoms with E-state index in [1.54, 1.807) is 0 Å². The number of carbonyl (C=O) groups excluding carboxylic acids is 2. The van der Waals surface area contributed by atoms with Crippen LogP contribution in [0.1, 0.15) is 122 Å². The van der Waals surface area contributed by atoms with E-state index < -0.39 is 0 Å². The highest BCUT2D eigenvalue weighted by molar-refractivity contribution is 5.69. The van der Waals surface area contributed by atoms with Crippen molar-refractivity contribution in [2.75, 3.05) is 59.8 Å². The van der Waals surface area contributed by atoms with Crippen molar-refractivity contribution in [2.45, 2.75) is 129 Å². The zero-order valence-corrected chi connectivity index (χ0v) is 28.9. The zero-order chi connectivity index (χ0) is 32.6. The van der Waals surface area contributed by atoms with Crippen LogP contribution in [0.5, 0.6) is 0 Å². The smallest absolute Gasteiger partial charge is 0.308 e. The number of hydrogen-bond acceptors (Lipinski definition) is 8. The van der Waals surface area contributed by atoms with Crippen molar-refractivity contribution < 1.29 is 33.3 Å². The molecule has 0 spiro atoms. The van der Waals surface area contributed by atoms with Crippen LogP contribution in [-0.4, -0.2) is 82.7 Å². The van der Waals surface area contributed by atoms with E-state index in [0.717, 1.165) is 37.8 Å². The molecule has 0 fully saturated rings. The molecule has 260 valence electrons. The molecule has 8 nitrogen and oxygen atoms in total. The van der Waals surface area contributed by atoms with Gasteiger partial charge in [0.2, 0.25) is 0 Å². The number of unbranched alkanes of at least 4 members (excludes halogenated alkanes) is 12. The number of esters is 2. The Morgan fingerprint density at radius 1 is 0.644 bits per heavy atom. The predicted molar refractivity (Wildman–Crippen MR) is 181 cm³/mol. The number of hydrogen-bond donors (Lipinski definition) is 0. The first-order valence-electron chi connectivity index (χ1n) is 17.9. The average molecular weight is 636 g/mol. The van der Waals surface area contributed by atoms with E-state index >= 15 is 0 Å². The molecule has 0 radical (unpaired) electrons. The van der Waals surface area contributed by atoms with Gasteiger partial charge in [-0.1, -0.05) is 121 Å². The summed E-state index contributed by atoms with van der Waals surface area (Å²) in [6.07, 6.45) is 16.8. The fraction of sp³-hybridized carbons (Fsp3) is 0.784. The van der Waals surface area contributed by atoms with Gasteiger partial charge in [0.25, 0.3) is 0 Å². The molecular formula is C37H65NO7. The molecule has 0 bridgehead atoms. The Morgan fingerprint density at radius 3 is 1.76 bits per heavy atom. The van der Waals surface area contributed by atoms with Crippen molar-refractivity contribution in [2.24, 2.45) is 0 Å². The quantitative estimate of drug-likeness (QED) is 0.0584. The molecular weight excluding hydrogens is 570 g/mol. The van der Waals surface area contributed by atoms with Crippen LogP contribution < -0.4 is 0 Å². The highest BCUT2D eigenvalue weighted by Gasteiger charge is 2.15. The lowest BCUT2D eigenvalue weighted by Crippen LogP contribution is -2.36. The molecule has 8 heteroatoms. The normalized spacial score (nSPS) is 12.0. The lowest BCUT2D eigenvalue weighted by atomic mass is 10.1. The molecule has 0 saturated heterocycles. The first kappa shape index (κ1) is 41.0. The standard InChI is InChI=1S/C37H65NO7/c1-4-6-8-10-12-14-19-26-44-36(39)23-28-41-33-35(31-38(3)25-30-42-32-34-21-17-16-18-22-34)43-29-24-37(40)45-27-20-15-13-11-9-7-5-2/h16-18,21-22,35H,4-15,19-20,23-33H2,1-3H3. The summed E-state index contributed by atoms with van der Waals surface area (Å²) in [4.78, 5) is 26.5. The minimum Gasteiger partial charge on any atom is -0.466 e. The molecule has 0 amide bonds. The van der Waals surface area contributed by atoms with Crippen molar-refractivity contribution >= 4 is 11.9 Å². The first-order chi connectivity index (χ1) is 22.0. The Kier molecular flexibility index (Phi) is 27.9. The Labute approximate surface area is 274 Å². The van der Waals surface area contributed by atoms with Crippen molar-refractivity contribution in [3.63, 3.8) is 0 Å². The van der Waals surface area contributed by atoms with E-state index in [-0.39, 0.29) is 44.1 Å². The average Bonchev–Trinajstić information content (AvgIpc) is 3.04. The summed E-state index contributed by atoms with van der Waals surface area (Å²) in [5.41, 5.74) is 1.15. The van der Waals surface area contributed by atoms with Gasteiger partial charge in [0.1, 0.15) is 0 Å². The second-order valence-electron chi connectivity index (χ2n) is 12.1. The summed E-state index contributed by atoms with van der Waals surface area (Å²) >= 11 is 0. The van der Waals surface area contributed by atoms with Gasteiger partial charge in [0.15, 0.2) is 0 Å². The molecule has 0 aliphatic carbocycles. The second kappa shape index (κ2) is 30.6. The summed E-state index contributed by atoms with van der Waals surface area (Å²) in [5.74, 6) is -0.457. The van der Waals surface area contributed by atoms with Gasteiger partial charge in [0.05, 0.1) is 65.2 Å². The molecule has 0 N–H and O–H groups in total. The van der Waals surface area contributed by atoms with Crippen LogP contribution in [0.3, 0.4) is 0 Å². The maximum Gasteiger partial charge on any atom is 0.308 e. The second-order valence-corrected chi connectivity index (χ2v) is 12.1. The lowest BCUT2D eigenvalue weighted by Gasteiger charge is -2.24. The largest absolute Gasteiger partial charge is 0.466 e. The molecule has 1 aromatic carbocycles. The van der Waals surface area contributed by atoms with Gasteiger partial charge >= 0.3 is 11.9 Å². The van der Waals surface area contributed by atoms with Crippen LogP contribution in [0.2, 0.25) is 0 Å². The number of rotatable bonds is 32. The van der Waals surface area contributed by atoms with Crippen LogP contribution in [0.25, 0.3) is 0 Å². The molecule has 1 unspecified atom stereocenters. The van der Waals surface area contributed by atoms with E-state index in [9.17, 15) is 9.59 Å². The molecule has 1 atom stereocenters. The van der Waals surface area contributed by atoms with E-state index in [0.29, 0.717) is 39.6 Å². The number of ether oxygens (including phenoxy) is 5. The summed E-state index contributed by atoms with van der Waals surface area (Å²) in [6, 6.07) is 10.1. The van der Waals surface area contributed by atoms with Gasteiger partial charge in [-0.25, -0.2) is 0 Å². The number of benzene rings is 1. The SMILES string of the molecule is CCCCCCCCCOC(=O)CCOCC(CN(C)CCOCc1ccccc1)OCCC(=O)OCCCCCCCCC. The van der Waals surface area contributed by atoms with E-state index in [2.05, 4.69) is 30.9 Å². The molecule has 0 aliphatic heterocycles. The van der Waals surface area contributed by atoms with Crippen molar-refractivity contribution in [1.82, 2.24) is 4.90 Å². The van der Waals surface area contributed by atoms with Gasteiger partial charge in [-0.3, -0.25) is 9.59 Å². The highest BCUT2D eigenvalue weighted by Crippen LogP contribution is 2.09. The maximum absolute atomic E-state index is 12.2. The van der Waals surface area contributed by atoms with Gasteiger partial charge in [-0.15, -0.1) is 0 Å². The lowest BCUT2D eigenvalue weighted by molar-refractivity contribution is -0.147. The molecule has 0 aliphatic rings. The molecule has 0 aromatic heterocycles. The van der Waals surface area contributed by atoms with Gasteiger partial charge in [-0.05, 0) is 25.5 Å². The van der Waals surface area contributed by atoms with Crippen molar-refractivity contribution in [3.8, 4) is 0 Å². The van der Waals surface area contributed by atoms with Crippen molar-refractivity contribution in [1.29, 1.82) is 0 Å². The van der Waals surface area contributed by atoms with Crippen LogP contribution in [0, 0.1) is 0 Å². The van der Waals surface area contributed by atoms with Crippen LogP contribution in [-0.2, 0) is 39.9 Å². The third-order valence-electron chi connectivity index (χ3n) is 7.68. The van der Waals surface area contributed by atoms with Gasteiger partial charge in [0, 0.05) is 13.1 Å². The van der Waals surface area contributed by atoms with Gasteiger partial charge in [-0.2, -0.15) is 0 Å². The predicted octanol–water partition coefficient (Wildman–Crippen LogP) is 7.90. The Hall–Kier alpha value is -2.00. The van der Waals surface area contributed by atoms with E-state index in [1.807, 2.05) is 25.2 Å². The first-order valence-corrected chi connectivity index (χ1v) is 17.9. The number of likely N-dealkylation sites (N-methyl/N-ethyl adjacent to an activating group) is 1. The Balaban J connectivity index is 2.30. The van der Waals surface area contributed by atoms with Crippen LogP contribution in [0.15, 0.2) is 30.3 Å². The highest BCUT2D eigenvalue weighted by atomic mass is 16.6. The fourth-order valence-corrected chi connectivity index (χ4v) is 4.89. The third-order valence-corrected chi connectivity index (χ3v) is 7.68. The fourth-order valence-electron chi connectivity index (χ4n) is 4.89. The summed E-state index contributed by atoms with van der Waals surface area (Å²) in [5, 5.41) is 0. The van der Waals surface area contributed by atoms with Gasteiger partial charge < -0.3 is 28.6 Å². The summed E-state index contributed by atoms with van der Waals surface area (Å²) < 4.78 is 28.5. The Morgan fingerprint density at radius 2 is 1.18 bits per heavy atom. The molecule has 1 aromatic rings. The number of nitrogens with zero attached hydrogens (tertiary/aromatic N) is 1. The minimum absolute atomic E-state index is 0.210. The number of carbonyl (C=O) groups is 2. The summed E-state index contributed by atoms with van der Waals surface area (Å²) in [6.45, 7) is 8.78. The molecule has 0 heterocycles. The Bertz CT molecular complexity index is 807. The van der Waals surface area contributed by atoms with E-state index in [4.69, 9.17) is 23.7 Å². The minimum atomic E-state index is -0.247. The zero-order valence-electron chi connectivity index (χ0n) is 28.9. The maximum atomic E-state index is 12.2. The topological polar surface area (TPSA) is 83.5 Å². The molecule has 1 rings (SSSR count). The third kappa shape index (κ3) is 26.9. The molecule has 45 heavy (non-hydrogen) atoms. The monoisotopic (exact) mass is 635 g/mol. The molecule has 0 saturated carbocycles. The van der Waals surface area contributed by atoms with Crippen LogP contribution in [0.4, 0.5) is 0 Å². The summed E-state index contributed by atoms with van der Waals surface area (Å²) in [7, 11) is 2.01. The van der Waals surface area contributed by atoms with Crippen molar-refractivity contribution in [3.05, 3.63) is 35.9 Å². The van der Waals surface area contributed by atoms with Crippen LogP contribution >= 0.6 is 0 Å².